The SMILES string of the molecule is O=S(=O)(CC#C/C=C\C#CCO)c1ccc2ccccc2c1. The van der Waals surface area contributed by atoms with E-state index in [9.17, 15) is 8.42 Å². The lowest BCUT2D eigenvalue weighted by Crippen LogP contribution is -2.04. The van der Waals surface area contributed by atoms with Gasteiger partial charge in [-0.3, -0.25) is 0 Å². The van der Waals surface area contributed by atoms with Crippen molar-refractivity contribution >= 4 is 20.6 Å². The third-order valence-corrected chi connectivity index (χ3v) is 4.37. The summed E-state index contributed by atoms with van der Waals surface area (Å²) < 4.78 is 24.4. The zero-order valence-electron chi connectivity index (χ0n) is 11.8. The van der Waals surface area contributed by atoms with Crippen LogP contribution < -0.4 is 0 Å². The van der Waals surface area contributed by atoms with Crippen molar-refractivity contribution in [2.24, 2.45) is 0 Å². The fraction of sp³-hybridized carbons (Fsp3) is 0.111. The van der Waals surface area contributed by atoms with Crippen LogP contribution in [0.5, 0.6) is 0 Å². The maximum atomic E-state index is 12.2. The van der Waals surface area contributed by atoms with Crippen LogP contribution in [0.4, 0.5) is 0 Å². The molecule has 3 nitrogen and oxygen atoms in total. The topological polar surface area (TPSA) is 54.4 Å². The summed E-state index contributed by atoms with van der Waals surface area (Å²) in [4.78, 5) is 0.268. The summed E-state index contributed by atoms with van der Waals surface area (Å²) in [6, 6.07) is 12.6. The van der Waals surface area contributed by atoms with Gasteiger partial charge in [-0.05, 0) is 35.1 Å². The van der Waals surface area contributed by atoms with Gasteiger partial charge in [0, 0.05) is 0 Å². The third kappa shape index (κ3) is 4.23. The second kappa shape index (κ2) is 7.47. The van der Waals surface area contributed by atoms with Crippen LogP contribution in [-0.2, 0) is 9.84 Å². The Balaban J connectivity index is 2.15. The quantitative estimate of drug-likeness (QED) is 0.865. The summed E-state index contributed by atoms with van der Waals surface area (Å²) in [7, 11) is -3.43. The Kier molecular flexibility index (Phi) is 5.38. The van der Waals surface area contributed by atoms with E-state index >= 15 is 0 Å². The summed E-state index contributed by atoms with van der Waals surface area (Å²) >= 11 is 0. The second-order valence-corrected chi connectivity index (χ2v) is 6.39. The fourth-order valence-electron chi connectivity index (χ4n) is 1.83. The highest BCUT2D eigenvalue weighted by molar-refractivity contribution is 7.91. The van der Waals surface area contributed by atoms with Crippen molar-refractivity contribution < 1.29 is 13.5 Å². The molecule has 0 aliphatic heterocycles. The Morgan fingerprint density at radius 1 is 0.955 bits per heavy atom. The van der Waals surface area contributed by atoms with Crippen molar-refractivity contribution in [2.75, 3.05) is 12.4 Å². The van der Waals surface area contributed by atoms with Gasteiger partial charge in [0.15, 0.2) is 9.84 Å². The molecule has 110 valence electrons. The first kappa shape index (κ1) is 15.9. The van der Waals surface area contributed by atoms with Crippen LogP contribution >= 0.6 is 0 Å². The molecule has 0 aliphatic rings. The van der Waals surface area contributed by atoms with E-state index in [4.69, 9.17) is 5.11 Å². The number of aliphatic hydroxyl groups is 1. The Hall–Kier alpha value is -2.53. The van der Waals surface area contributed by atoms with Crippen molar-refractivity contribution in [3.63, 3.8) is 0 Å². The summed E-state index contributed by atoms with van der Waals surface area (Å²) in [5.74, 6) is 9.94. The molecule has 2 aromatic carbocycles. The summed E-state index contributed by atoms with van der Waals surface area (Å²) in [5.41, 5.74) is 0. The lowest BCUT2D eigenvalue weighted by molar-refractivity contribution is 0.350. The first-order valence-corrected chi connectivity index (χ1v) is 8.23. The van der Waals surface area contributed by atoms with Gasteiger partial charge >= 0.3 is 0 Å². The van der Waals surface area contributed by atoms with Gasteiger partial charge in [0.2, 0.25) is 0 Å². The second-order valence-electron chi connectivity index (χ2n) is 4.40. The van der Waals surface area contributed by atoms with E-state index in [0.717, 1.165) is 10.8 Å². The van der Waals surface area contributed by atoms with E-state index in [2.05, 4.69) is 23.7 Å². The lowest BCUT2D eigenvalue weighted by Gasteiger charge is -2.02. The molecule has 0 radical (unpaired) electrons. The molecule has 4 heteroatoms. The normalized spacial score (nSPS) is 10.8. The van der Waals surface area contributed by atoms with E-state index in [1.54, 1.807) is 18.2 Å². The maximum Gasteiger partial charge on any atom is 0.189 e. The minimum Gasteiger partial charge on any atom is -0.384 e. The predicted molar refractivity (Wildman–Crippen MR) is 87.8 cm³/mol. The number of benzene rings is 2. The average molecular weight is 310 g/mol. The average Bonchev–Trinajstić information content (AvgIpc) is 2.53. The standard InChI is InChI=1S/C18H14O3S/c19-13-7-3-1-2-4-8-14-22(20,21)18-12-11-16-9-5-6-10-17(16)15-18/h1-2,5-6,9-12,15,19H,13-14H2/b2-1-. The molecule has 0 fully saturated rings. The molecule has 0 aromatic heterocycles. The van der Waals surface area contributed by atoms with Gasteiger partial charge < -0.3 is 5.11 Å². The molecular weight excluding hydrogens is 296 g/mol. The third-order valence-electron chi connectivity index (χ3n) is 2.88. The number of hydrogen-bond acceptors (Lipinski definition) is 3. The Labute approximate surface area is 130 Å². The highest BCUT2D eigenvalue weighted by Gasteiger charge is 2.12. The van der Waals surface area contributed by atoms with E-state index in [1.165, 1.54) is 12.2 Å². The van der Waals surface area contributed by atoms with Gasteiger partial charge in [-0.15, -0.1) is 0 Å². The molecule has 0 spiro atoms. The van der Waals surface area contributed by atoms with E-state index in [-0.39, 0.29) is 17.3 Å². The van der Waals surface area contributed by atoms with Crippen LogP contribution in [-0.4, -0.2) is 25.9 Å². The van der Waals surface area contributed by atoms with Crippen molar-refractivity contribution in [3.05, 3.63) is 54.6 Å². The molecule has 2 rings (SSSR count). The van der Waals surface area contributed by atoms with E-state index in [1.807, 2.05) is 24.3 Å². The smallest absolute Gasteiger partial charge is 0.189 e. The largest absolute Gasteiger partial charge is 0.384 e. The Bertz CT molecular complexity index is 917. The molecule has 0 bridgehead atoms. The van der Waals surface area contributed by atoms with Gasteiger partial charge in [-0.25, -0.2) is 8.42 Å². The van der Waals surface area contributed by atoms with Crippen LogP contribution in [0.15, 0.2) is 59.5 Å². The van der Waals surface area contributed by atoms with Gasteiger partial charge in [0.1, 0.15) is 12.4 Å². The summed E-state index contributed by atoms with van der Waals surface area (Å²) in [6.07, 6.45) is 2.92. The van der Waals surface area contributed by atoms with Gasteiger partial charge in [0.25, 0.3) is 0 Å². The molecule has 0 amide bonds. The van der Waals surface area contributed by atoms with Crippen LogP contribution in [0.3, 0.4) is 0 Å². The maximum absolute atomic E-state index is 12.2. The van der Waals surface area contributed by atoms with Crippen LogP contribution in [0.2, 0.25) is 0 Å². The number of allylic oxidation sites excluding steroid dienone is 2. The molecule has 0 saturated carbocycles. The number of aliphatic hydroxyl groups excluding tert-OH is 1. The molecular formula is C18H14O3S. The van der Waals surface area contributed by atoms with Crippen molar-refractivity contribution in [2.45, 2.75) is 4.90 Å². The first-order chi connectivity index (χ1) is 10.6. The van der Waals surface area contributed by atoms with E-state index < -0.39 is 9.84 Å². The lowest BCUT2D eigenvalue weighted by atomic mass is 10.1. The molecule has 0 aliphatic carbocycles. The zero-order valence-corrected chi connectivity index (χ0v) is 12.6. The van der Waals surface area contributed by atoms with Crippen LogP contribution in [0.25, 0.3) is 10.8 Å². The molecule has 0 saturated heterocycles. The zero-order chi connectivity index (χ0) is 15.8. The van der Waals surface area contributed by atoms with Crippen molar-refractivity contribution in [1.82, 2.24) is 0 Å². The number of hydrogen-bond donors (Lipinski definition) is 1. The molecule has 0 heterocycles. The number of fused-ring (bicyclic) bond motifs is 1. The number of sulfone groups is 1. The van der Waals surface area contributed by atoms with Crippen LogP contribution in [0, 0.1) is 23.7 Å². The van der Waals surface area contributed by atoms with Gasteiger partial charge in [-0.1, -0.05) is 54.0 Å². The summed E-state index contributed by atoms with van der Waals surface area (Å²) in [5, 5.41) is 10.3. The minimum atomic E-state index is -3.43. The Morgan fingerprint density at radius 3 is 2.36 bits per heavy atom. The Morgan fingerprint density at radius 2 is 1.64 bits per heavy atom. The number of rotatable bonds is 2. The predicted octanol–water partition coefficient (Wildman–Crippen LogP) is 2.17. The highest BCUT2D eigenvalue weighted by Crippen LogP contribution is 2.19. The first-order valence-electron chi connectivity index (χ1n) is 6.58. The molecule has 0 unspecified atom stereocenters. The van der Waals surface area contributed by atoms with Crippen LogP contribution in [0.1, 0.15) is 0 Å². The monoisotopic (exact) mass is 310 g/mol. The molecule has 22 heavy (non-hydrogen) atoms. The summed E-state index contributed by atoms with van der Waals surface area (Å²) in [6.45, 7) is -0.214. The minimum absolute atomic E-state index is 0.214. The fourth-order valence-corrected chi connectivity index (χ4v) is 2.85. The van der Waals surface area contributed by atoms with Crippen molar-refractivity contribution in [1.29, 1.82) is 0 Å². The molecule has 1 N–H and O–H groups in total. The van der Waals surface area contributed by atoms with Gasteiger partial charge in [0.05, 0.1) is 4.90 Å². The van der Waals surface area contributed by atoms with E-state index in [0.29, 0.717) is 0 Å². The molecule has 0 atom stereocenters. The highest BCUT2D eigenvalue weighted by atomic mass is 32.2. The van der Waals surface area contributed by atoms with Crippen molar-refractivity contribution in [3.8, 4) is 23.7 Å². The van der Waals surface area contributed by atoms with Gasteiger partial charge in [-0.2, -0.15) is 0 Å². The molecule has 2 aromatic rings.